The van der Waals surface area contributed by atoms with Gasteiger partial charge in [-0.05, 0) is 67.9 Å². The quantitative estimate of drug-likeness (QED) is 0.0581. The highest BCUT2D eigenvalue weighted by atomic mass is 35.5. The summed E-state index contributed by atoms with van der Waals surface area (Å²) in [6.07, 6.45) is 5.71. The predicted octanol–water partition coefficient (Wildman–Crippen LogP) is 10.4. The second-order valence-corrected chi connectivity index (χ2v) is 20.3. The van der Waals surface area contributed by atoms with Crippen molar-refractivity contribution in [1.82, 2.24) is 14.3 Å². The van der Waals surface area contributed by atoms with Gasteiger partial charge in [0, 0.05) is 54.2 Å². The van der Waals surface area contributed by atoms with Crippen LogP contribution in [-0.4, -0.2) is 55.1 Å². The molecule has 0 aliphatic carbocycles. The van der Waals surface area contributed by atoms with Crippen LogP contribution in [0.25, 0.3) is 32.8 Å². The molecule has 0 N–H and O–H groups in total. The fourth-order valence-electron chi connectivity index (χ4n) is 6.88. The van der Waals surface area contributed by atoms with Crippen LogP contribution in [0.15, 0.2) is 66.7 Å². The van der Waals surface area contributed by atoms with E-state index < -0.39 is 8.32 Å². The van der Waals surface area contributed by atoms with E-state index in [9.17, 15) is 4.79 Å². The molecule has 3 aromatic carbocycles. The Morgan fingerprint density at radius 3 is 2.56 bits per heavy atom. The second kappa shape index (κ2) is 15.6. The topological polar surface area (TPSA) is 76.7 Å². The molecule has 6 rings (SSSR count). The lowest BCUT2D eigenvalue weighted by molar-refractivity contribution is 0.0512. The highest BCUT2D eigenvalue weighted by Crippen LogP contribution is 2.45. The molecule has 52 heavy (non-hydrogen) atoms. The third kappa shape index (κ3) is 7.46. The van der Waals surface area contributed by atoms with Gasteiger partial charge in [-0.1, -0.05) is 87.0 Å². The van der Waals surface area contributed by atoms with Crippen LogP contribution in [-0.2, 0) is 33.9 Å². The van der Waals surface area contributed by atoms with Crippen LogP contribution >= 0.6 is 11.6 Å². The van der Waals surface area contributed by atoms with Gasteiger partial charge in [0.05, 0.1) is 36.1 Å². The Morgan fingerprint density at radius 1 is 1.02 bits per heavy atom. The zero-order valence-corrected chi connectivity index (χ0v) is 33.6. The number of ether oxygens (including phenoxy) is 3. The van der Waals surface area contributed by atoms with E-state index in [1.807, 2.05) is 61.1 Å². The minimum absolute atomic E-state index is 0.0998. The smallest absolute Gasteiger partial charge is 0.355 e. The van der Waals surface area contributed by atoms with Crippen molar-refractivity contribution in [2.24, 2.45) is 7.05 Å². The maximum absolute atomic E-state index is 13.9. The molecule has 0 fully saturated rings. The molecule has 3 heterocycles. The summed E-state index contributed by atoms with van der Waals surface area (Å²) in [5.74, 6) is 0.500. The van der Waals surface area contributed by atoms with Crippen molar-refractivity contribution in [1.29, 1.82) is 0 Å². The van der Waals surface area contributed by atoms with E-state index in [1.54, 1.807) is 0 Å². The third-order valence-electron chi connectivity index (χ3n) is 10.7. The first-order chi connectivity index (χ1) is 24.8. The number of hydrogen-bond acceptors (Lipinski definition) is 6. The van der Waals surface area contributed by atoms with E-state index in [1.165, 1.54) is 0 Å². The van der Waals surface area contributed by atoms with Gasteiger partial charge in [-0.25, -0.2) is 4.79 Å². The highest BCUT2D eigenvalue weighted by Gasteiger charge is 2.38. The Hall–Kier alpha value is -3.89. The van der Waals surface area contributed by atoms with Gasteiger partial charge in [0.25, 0.3) is 0 Å². The molecule has 0 saturated carbocycles. The van der Waals surface area contributed by atoms with Gasteiger partial charge in [0.1, 0.15) is 17.5 Å². The van der Waals surface area contributed by atoms with Crippen molar-refractivity contribution in [3.05, 3.63) is 94.4 Å². The predicted molar refractivity (Wildman–Crippen MR) is 213 cm³/mol. The Labute approximate surface area is 313 Å². The molecular weight excluding hydrogens is 690 g/mol. The van der Waals surface area contributed by atoms with Gasteiger partial charge < -0.3 is 23.2 Å². The molecule has 5 aromatic rings. The van der Waals surface area contributed by atoms with Gasteiger partial charge in [-0.3, -0.25) is 4.68 Å². The van der Waals surface area contributed by atoms with E-state index in [-0.39, 0.29) is 23.7 Å². The molecule has 276 valence electrons. The van der Waals surface area contributed by atoms with Gasteiger partial charge in [-0.15, -0.1) is 0 Å². The van der Waals surface area contributed by atoms with E-state index in [0.717, 1.165) is 55.5 Å². The van der Waals surface area contributed by atoms with Crippen LogP contribution in [0.2, 0.25) is 23.2 Å². The molecule has 1 atom stereocenters. The van der Waals surface area contributed by atoms with E-state index in [0.29, 0.717) is 56.3 Å². The number of carbonyl (C=O) groups excluding carboxylic acids is 1. The fourth-order valence-corrected chi connectivity index (χ4v) is 8.18. The average molecular weight is 742 g/mol. The molecule has 0 spiro atoms. The fraction of sp³-hybridized carbons (Fsp3) is 0.429. The first-order valence-corrected chi connectivity index (χ1v) is 21.7. The van der Waals surface area contributed by atoms with Crippen molar-refractivity contribution >= 4 is 47.6 Å². The molecule has 0 bridgehead atoms. The number of rotatable bonds is 11. The van der Waals surface area contributed by atoms with Crippen molar-refractivity contribution in [2.75, 3.05) is 26.4 Å². The zero-order valence-electron chi connectivity index (χ0n) is 31.8. The molecular formula is C42H52ClN3O5Si. The minimum atomic E-state index is -1.97. The second-order valence-electron chi connectivity index (χ2n) is 15.1. The number of fused-ring (bicyclic) bond motifs is 3. The first kappa shape index (κ1) is 37.9. The van der Waals surface area contributed by atoms with Crippen LogP contribution in [0.4, 0.5) is 0 Å². The Kier molecular flexibility index (Phi) is 11.4. The molecule has 8 nitrogen and oxygen atoms in total. The summed E-state index contributed by atoms with van der Waals surface area (Å²) in [5.41, 5.74) is 5.91. The number of carbonyl (C=O) groups is 1. The number of allylic oxidation sites excluding steroid dienone is 1. The lowest BCUT2D eigenvalue weighted by Gasteiger charge is -2.36. The summed E-state index contributed by atoms with van der Waals surface area (Å²) >= 11 is 7.22. The summed E-state index contributed by atoms with van der Waals surface area (Å²) in [6.45, 7) is 17.4. The van der Waals surface area contributed by atoms with Crippen LogP contribution in [0.5, 0.6) is 5.75 Å². The van der Waals surface area contributed by atoms with Crippen molar-refractivity contribution in [3.63, 3.8) is 0 Å². The SMILES string of the molecule is CCOC(=O)c1c(CCCOc2cccc3ccccc23)c2ccc(Cl)c3c2n1C/C=C\COC(CCO[Si](C)(C)C(C)(C)C)c1nn(C)c(C)c1-3. The maximum Gasteiger partial charge on any atom is 0.355 e. The van der Waals surface area contributed by atoms with E-state index in [4.69, 9.17) is 35.3 Å². The van der Waals surface area contributed by atoms with Gasteiger partial charge >= 0.3 is 5.97 Å². The number of aromatic nitrogens is 3. The van der Waals surface area contributed by atoms with Crippen molar-refractivity contribution in [2.45, 2.75) is 84.7 Å². The zero-order chi connectivity index (χ0) is 37.2. The van der Waals surface area contributed by atoms with Crippen molar-refractivity contribution in [3.8, 4) is 16.9 Å². The first-order valence-electron chi connectivity index (χ1n) is 18.4. The van der Waals surface area contributed by atoms with Crippen LogP contribution in [0.1, 0.15) is 74.1 Å². The standard InChI is InChI=1S/C42H52ClN3O5Si/c1-9-48-41(47)40-31(19-15-26-49-34-20-14-17-29-16-10-11-18-30(29)34)32-21-22-33(43)37-36-28(2)45(6)44-38(36)35(23-27-51-52(7,8)42(3,4)5)50-25-13-12-24-46(40)39(32)37/h10-14,16-18,20-22,35H,9,15,19,23-27H2,1-8H3/b13-12-. The monoisotopic (exact) mass is 741 g/mol. The van der Waals surface area contributed by atoms with Gasteiger partial charge in [0.2, 0.25) is 0 Å². The summed E-state index contributed by atoms with van der Waals surface area (Å²) < 4.78 is 29.2. The summed E-state index contributed by atoms with van der Waals surface area (Å²) in [7, 11) is -0.0161. The average Bonchev–Trinajstić information content (AvgIpc) is 3.56. The minimum Gasteiger partial charge on any atom is -0.493 e. The molecule has 0 amide bonds. The molecule has 1 aliphatic rings. The van der Waals surface area contributed by atoms with Crippen LogP contribution in [0, 0.1) is 6.92 Å². The third-order valence-corrected chi connectivity index (χ3v) is 15.6. The molecule has 10 heteroatoms. The summed E-state index contributed by atoms with van der Waals surface area (Å²) in [4.78, 5) is 13.9. The lowest BCUT2D eigenvalue weighted by atomic mass is 9.96. The molecule has 1 unspecified atom stereocenters. The molecule has 0 radical (unpaired) electrons. The molecule has 2 aromatic heterocycles. The largest absolute Gasteiger partial charge is 0.493 e. The van der Waals surface area contributed by atoms with Gasteiger partial charge in [-0.2, -0.15) is 5.10 Å². The number of benzene rings is 3. The molecule has 1 aliphatic heterocycles. The molecule has 0 saturated heterocycles. The Balaban J connectivity index is 1.43. The Morgan fingerprint density at radius 2 is 1.79 bits per heavy atom. The normalized spacial score (nSPS) is 15.8. The summed E-state index contributed by atoms with van der Waals surface area (Å²) in [6, 6.07) is 18.3. The number of aryl methyl sites for hydroxylation is 2. The number of nitrogens with zero attached hydrogens (tertiary/aromatic N) is 3. The number of esters is 1. The van der Waals surface area contributed by atoms with Crippen LogP contribution in [0.3, 0.4) is 0 Å². The van der Waals surface area contributed by atoms with E-state index >= 15 is 0 Å². The van der Waals surface area contributed by atoms with Crippen molar-refractivity contribution < 1.29 is 23.4 Å². The Bertz CT molecular complexity index is 2100. The highest BCUT2D eigenvalue weighted by molar-refractivity contribution is 6.74. The van der Waals surface area contributed by atoms with Gasteiger partial charge in [0.15, 0.2) is 8.32 Å². The summed E-state index contributed by atoms with van der Waals surface area (Å²) in [5, 5.41) is 8.93. The van der Waals surface area contributed by atoms with E-state index in [2.05, 4.69) is 69.6 Å². The van der Waals surface area contributed by atoms with Crippen LogP contribution < -0.4 is 4.74 Å². The lowest BCUT2D eigenvalue weighted by Crippen LogP contribution is -2.41. The number of hydrogen-bond donors (Lipinski definition) is 0. The number of halogens is 1. The maximum atomic E-state index is 13.9.